The third-order valence-electron chi connectivity index (χ3n) is 15.0. The maximum absolute atomic E-state index is 14.3. The molecular formula is C49H86O10SSi2. The molecule has 0 radical (unpaired) electrons. The molecule has 3 fully saturated rings. The third-order valence-corrected chi connectivity index (χ3v) is 25.8. The average Bonchev–Trinajstić information content (AvgIpc) is 3.70. The summed E-state index contributed by atoms with van der Waals surface area (Å²) in [6.07, 6.45) is 4.69. The first-order chi connectivity index (χ1) is 28.7. The molecule has 0 spiro atoms. The number of rotatable bonds is 22. The molecule has 4 rings (SSSR count). The van der Waals surface area contributed by atoms with E-state index in [-0.39, 0.29) is 58.6 Å². The Morgan fingerprint density at radius 3 is 2.00 bits per heavy atom. The van der Waals surface area contributed by atoms with Crippen molar-refractivity contribution in [3.63, 3.8) is 0 Å². The van der Waals surface area contributed by atoms with Crippen molar-refractivity contribution in [3.8, 4) is 0 Å². The minimum absolute atomic E-state index is 0.00754. The lowest BCUT2D eigenvalue weighted by Crippen LogP contribution is -2.49. The Labute approximate surface area is 379 Å². The summed E-state index contributed by atoms with van der Waals surface area (Å²) in [6.45, 7) is 36.2. The molecule has 62 heavy (non-hydrogen) atoms. The van der Waals surface area contributed by atoms with Gasteiger partial charge in [0.2, 0.25) is 0 Å². The SMILES string of the molecule is C=C1C[C@H](CCC(OC)OC)O[C@H]1CC[C@H]1C[C@H](C)C(=C)[C@@H](C[C@@H]2O[C@H](C[C@@H](CO[Si](C)(C)C(C)(C)C)O[Si](C)(C)C(C)(C)C)[C@@H](OC)[C@H]2CS(=O)(=O)c2ccc(CC)cc2)O1. The van der Waals surface area contributed by atoms with Crippen LogP contribution < -0.4 is 0 Å². The molecule has 10 nitrogen and oxygen atoms in total. The molecule has 0 unspecified atom stereocenters. The van der Waals surface area contributed by atoms with Gasteiger partial charge in [-0.1, -0.05) is 80.7 Å². The minimum Gasteiger partial charge on any atom is -0.414 e. The van der Waals surface area contributed by atoms with E-state index in [9.17, 15) is 8.42 Å². The molecular weight excluding hydrogens is 837 g/mol. The average molecular weight is 923 g/mol. The van der Waals surface area contributed by atoms with E-state index < -0.39 is 50.7 Å². The topological polar surface area (TPSA) is 108 Å². The van der Waals surface area contributed by atoms with Gasteiger partial charge in [0.05, 0.1) is 66.1 Å². The van der Waals surface area contributed by atoms with Gasteiger partial charge < -0.3 is 37.3 Å². The van der Waals surface area contributed by atoms with E-state index >= 15 is 0 Å². The van der Waals surface area contributed by atoms with E-state index in [1.54, 1.807) is 33.5 Å². The summed E-state index contributed by atoms with van der Waals surface area (Å²) in [4.78, 5) is 0.316. The van der Waals surface area contributed by atoms with Crippen LogP contribution in [0.25, 0.3) is 0 Å². The van der Waals surface area contributed by atoms with Crippen LogP contribution in [-0.2, 0) is 53.5 Å². The third kappa shape index (κ3) is 13.9. The van der Waals surface area contributed by atoms with Crippen LogP contribution in [0, 0.1) is 11.8 Å². The van der Waals surface area contributed by atoms with Gasteiger partial charge in [-0.25, -0.2) is 8.42 Å². The monoisotopic (exact) mass is 923 g/mol. The second-order valence-electron chi connectivity index (χ2n) is 21.5. The van der Waals surface area contributed by atoms with Crippen molar-refractivity contribution in [1.29, 1.82) is 0 Å². The predicted molar refractivity (Wildman–Crippen MR) is 256 cm³/mol. The summed E-state index contributed by atoms with van der Waals surface area (Å²) in [5, 5.41) is 0.0119. The molecule has 0 N–H and O–H groups in total. The van der Waals surface area contributed by atoms with Crippen LogP contribution in [0.1, 0.15) is 112 Å². The lowest BCUT2D eigenvalue weighted by Gasteiger charge is -2.42. The Kier molecular flexibility index (Phi) is 19.0. The molecule has 1 aromatic rings. The highest BCUT2D eigenvalue weighted by molar-refractivity contribution is 7.91. The van der Waals surface area contributed by atoms with Gasteiger partial charge in [0.15, 0.2) is 32.8 Å². The fourth-order valence-corrected chi connectivity index (χ4v) is 12.8. The van der Waals surface area contributed by atoms with Crippen molar-refractivity contribution in [2.24, 2.45) is 11.8 Å². The molecule has 0 amide bonds. The Bertz CT molecular complexity index is 1700. The van der Waals surface area contributed by atoms with E-state index in [4.69, 9.17) is 37.3 Å². The van der Waals surface area contributed by atoms with Gasteiger partial charge in [-0.15, -0.1) is 0 Å². The first kappa shape index (κ1) is 53.4. The zero-order chi connectivity index (χ0) is 46.4. The fourth-order valence-electron chi connectivity index (χ4n) is 8.72. The van der Waals surface area contributed by atoms with Crippen LogP contribution in [0.3, 0.4) is 0 Å². The summed E-state index contributed by atoms with van der Waals surface area (Å²) in [7, 11) is -3.08. The normalized spacial score (nSPS) is 28.6. The lowest BCUT2D eigenvalue weighted by molar-refractivity contribution is -0.112. The number of ether oxygens (including phenoxy) is 6. The van der Waals surface area contributed by atoms with Crippen LogP contribution in [0.5, 0.6) is 0 Å². The van der Waals surface area contributed by atoms with Crippen LogP contribution in [0.2, 0.25) is 36.3 Å². The number of benzene rings is 1. The second kappa shape index (κ2) is 22.0. The van der Waals surface area contributed by atoms with Gasteiger partial charge in [0.25, 0.3) is 0 Å². The second-order valence-corrected chi connectivity index (χ2v) is 33.1. The standard InChI is InChI=1S/C49H86O10SSi2/c1-18-36-19-23-40(24-20-36)60(50,51)32-41-44(58-45(47(41)54-13)29-39(59-62(16,17)49(8,9)10)31-55-61(14,15)48(5,6)7)30-43-35(4)33(2)27-37(57-43)21-25-42-34(3)28-38(56-42)22-26-46(52-11)53-12/h19-20,23-24,33,37-39,41-47H,3-4,18,21-22,25-32H2,1-2,5-17H3/t33-,37-,38-,39-,41-,42-,43+,44-,45+,47-/m0/s1. The van der Waals surface area contributed by atoms with Gasteiger partial charge in [-0.2, -0.15) is 0 Å². The molecule has 0 aromatic heterocycles. The highest BCUT2D eigenvalue weighted by Crippen LogP contribution is 2.44. The van der Waals surface area contributed by atoms with Gasteiger partial charge in [0, 0.05) is 46.5 Å². The summed E-state index contributed by atoms with van der Waals surface area (Å²) in [6, 6.07) is 7.28. The van der Waals surface area contributed by atoms with Crippen molar-refractivity contribution in [3.05, 3.63) is 54.1 Å². The highest BCUT2D eigenvalue weighted by Gasteiger charge is 2.50. The molecule has 13 heteroatoms. The quantitative estimate of drug-likeness (QED) is 0.0634. The van der Waals surface area contributed by atoms with Crippen LogP contribution in [0.4, 0.5) is 0 Å². The van der Waals surface area contributed by atoms with Crippen LogP contribution in [0.15, 0.2) is 53.5 Å². The Morgan fingerprint density at radius 1 is 0.823 bits per heavy atom. The van der Waals surface area contributed by atoms with Gasteiger partial charge in [-0.3, -0.25) is 0 Å². The van der Waals surface area contributed by atoms with Gasteiger partial charge >= 0.3 is 0 Å². The smallest absolute Gasteiger partial charge is 0.192 e. The van der Waals surface area contributed by atoms with Crippen LogP contribution in [-0.4, -0.2) is 114 Å². The Hall–Kier alpha value is -1.24. The van der Waals surface area contributed by atoms with Crippen molar-refractivity contribution in [2.45, 2.75) is 209 Å². The fraction of sp³-hybridized carbons (Fsp3) is 0.796. The largest absolute Gasteiger partial charge is 0.414 e. The number of aryl methyl sites for hydroxylation is 1. The molecule has 3 aliphatic rings. The zero-order valence-electron chi connectivity index (χ0n) is 41.3. The highest BCUT2D eigenvalue weighted by atomic mass is 32.2. The number of hydrogen-bond donors (Lipinski definition) is 0. The summed E-state index contributed by atoms with van der Waals surface area (Å²) in [5.41, 5.74) is 3.24. The molecule has 3 heterocycles. The summed E-state index contributed by atoms with van der Waals surface area (Å²) in [5.74, 6) is -0.336. The number of hydrogen-bond acceptors (Lipinski definition) is 10. The molecule has 1 aromatic carbocycles. The van der Waals surface area contributed by atoms with Crippen molar-refractivity contribution < 1.29 is 45.7 Å². The molecule has 3 aliphatic heterocycles. The lowest BCUT2D eigenvalue weighted by atomic mass is 9.83. The molecule has 356 valence electrons. The molecule has 0 aliphatic carbocycles. The molecule has 0 saturated carbocycles. The molecule has 3 saturated heterocycles. The maximum Gasteiger partial charge on any atom is 0.192 e. The molecule has 0 bridgehead atoms. The van der Waals surface area contributed by atoms with Crippen molar-refractivity contribution >= 4 is 26.5 Å². The van der Waals surface area contributed by atoms with E-state index in [2.05, 4.69) is 94.7 Å². The van der Waals surface area contributed by atoms with Gasteiger partial charge in [0.1, 0.15) is 0 Å². The van der Waals surface area contributed by atoms with E-state index in [1.807, 2.05) is 12.1 Å². The first-order valence-corrected chi connectivity index (χ1v) is 30.8. The minimum atomic E-state index is -3.71. The van der Waals surface area contributed by atoms with Gasteiger partial charge in [-0.05, 0) is 110 Å². The van der Waals surface area contributed by atoms with Crippen LogP contribution >= 0.6 is 0 Å². The Morgan fingerprint density at radius 2 is 1.44 bits per heavy atom. The van der Waals surface area contributed by atoms with E-state index in [1.165, 1.54) is 0 Å². The number of sulfone groups is 1. The summed E-state index contributed by atoms with van der Waals surface area (Å²) < 4.78 is 80.3. The Balaban J connectivity index is 1.59. The first-order valence-electron chi connectivity index (χ1n) is 23.3. The maximum atomic E-state index is 14.3. The molecule has 10 atom stereocenters. The van der Waals surface area contributed by atoms with Crippen molar-refractivity contribution in [1.82, 2.24) is 0 Å². The zero-order valence-corrected chi connectivity index (χ0v) is 44.2. The van der Waals surface area contributed by atoms with E-state index in [0.717, 1.165) is 61.7 Å². The number of methoxy groups -OCH3 is 3. The summed E-state index contributed by atoms with van der Waals surface area (Å²) >= 11 is 0. The van der Waals surface area contributed by atoms with Crippen molar-refractivity contribution in [2.75, 3.05) is 33.7 Å². The van der Waals surface area contributed by atoms with E-state index in [0.29, 0.717) is 24.3 Å². The predicted octanol–water partition coefficient (Wildman–Crippen LogP) is 10.9.